The molecular formula is C28H22O8. The van der Waals surface area contributed by atoms with Crippen LogP contribution in [0.15, 0.2) is 54.3 Å². The maximum absolute atomic E-state index is 13.3. The molecule has 8 nitrogen and oxygen atoms in total. The lowest BCUT2D eigenvalue weighted by Gasteiger charge is -2.26. The van der Waals surface area contributed by atoms with E-state index in [4.69, 9.17) is 28.4 Å². The third-order valence-corrected chi connectivity index (χ3v) is 6.45. The first-order valence-corrected chi connectivity index (χ1v) is 11.5. The van der Waals surface area contributed by atoms with Crippen molar-refractivity contribution in [1.82, 2.24) is 0 Å². The fourth-order valence-corrected chi connectivity index (χ4v) is 4.76. The molecule has 0 amide bonds. The number of ether oxygens (including phenoxy) is 6. The average molecular weight is 486 g/mol. The van der Waals surface area contributed by atoms with Crippen LogP contribution in [0.2, 0.25) is 0 Å². The van der Waals surface area contributed by atoms with Crippen LogP contribution in [-0.2, 0) is 4.79 Å². The number of carbonyl (C=O) groups excluding carboxylic acids is 2. The van der Waals surface area contributed by atoms with Gasteiger partial charge in [0.2, 0.25) is 5.78 Å². The molecule has 0 saturated carbocycles. The minimum Gasteiger partial charge on any atom is -0.493 e. The molecule has 0 N–H and O–H groups in total. The van der Waals surface area contributed by atoms with E-state index in [2.05, 4.69) is 0 Å². The fraction of sp³-hybridized carbons (Fsp3) is 0.214. The molecule has 3 aliphatic rings. The molecule has 3 aromatic rings. The van der Waals surface area contributed by atoms with Crippen LogP contribution >= 0.6 is 0 Å². The number of Topliss-reactive ketones (excluding diaryl/α,β-unsaturated/α-hetero) is 1. The van der Waals surface area contributed by atoms with E-state index in [0.29, 0.717) is 58.8 Å². The van der Waals surface area contributed by atoms with Crippen molar-refractivity contribution in [1.29, 1.82) is 0 Å². The Labute approximate surface area is 206 Å². The van der Waals surface area contributed by atoms with Gasteiger partial charge in [0.05, 0.1) is 26.2 Å². The Hall–Kier alpha value is -4.46. The smallest absolute Gasteiger partial charge is 0.312 e. The number of benzene rings is 3. The number of hydrogen-bond donors (Lipinski definition) is 0. The maximum atomic E-state index is 13.3. The topological polar surface area (TPSA) is 89.5 Å². The predicted octanol–water partition coefficient (Wildman–Crippen LogP) is 4.53. The van der Waals surface area contributed by atoms with E-state index in [9.17, 15) is 9.59 Å². The summed E-state index contributed by atoms with van der Waals surface area (Å²) in [5, 5.41) is 0. The Morgan fingerprint density at radius 2 is 1.61 bits per heavy atom. The van der Waals surface area contributed by atoms with Crippen LogP contribution in [-0.4, -0.2) is 39.2 Å². The first-order chi connectivity index (χ1) is 17.6. The number of esters is 1. The second-order valence-electron chi connectivity index (χ2n) is 8.54. The number of hydrogen-bond acceptors (Lipinski definition) is 8. The van der Waals surface area contributed by atoms with Crippen molar-refractivity contribution in [3.05, 3.63) is 76.5 Å². The van der Waals surface area contributed by atoms with Crippen LogP contribution in [0, 0.1) is 0 Å². The predicted molar refractivity (Wildman–Crippen MR) is 128 cm³/mol. The zero-order valence-electron chi connectivity index (χ0n) is 19.7. The number of ketones is 1. The zero-order chi connectivity index (χ0) is 24.8. The Morgan fingerprint density at radius 3 is 2.42 bits per heavy atom. The Morgan fingerprint density at radius 1 is 0.833 bits per heavy atom. The molecule has 3 heterocycles. The van der Waals surface area contributed by atoms with Gasteiger partial charge in [0.15, 0.2) is 28.8 Å². The van der Waals surface area contributed by atoms with Crippen molar-refractivity contribution >= 4 is 17.8 Å². The van der Waals surface area contributed by atoms with Crippen LogP contribution in [0.4, 0.5) is 0 Å². The summed E-state index contributed by atoms with van der Waals surface area (Å²) >= 11 is 0. The number of allylic oxidation sites excluding steroid dienone is 1. The molecule has 0 radical (unpaired) electrons. The lowest BCUT2D eigenvalue weighted by Crippen LogP contribution is -2.21. The molecule has 0 spiro atoms. The maximum Gasteiger partial charge on any atom is 0.312 e. The quantitative estimate of drug-likeness (QED) is 0.302. The zero-order valence-corrected chi connectivity index (χ0v) is 19.7. The van der Waals surface area contributed by atoms with Gasteiger partial charge in [-0.05, 0) is 53.6 Å². The Balaban J connectivity index is 1.41. The molecule has 36 heavy (non-hydrogen) atoms. The lowest BCUT2D eigenvalue weighted by atomic mass is 9.84. The van der Waals surface area contributed by atoms with Crippen molar-refractivity contribution in [2.45, 2.75) is 12.3 Å². The minimum absolute atomic E-state index is 0.0949. The number of methoxy groups -OCH3 is 2. The second kappa shape index (κ2) is 8.64. The summed E-state index contributed by atoms with van der Waals surface area (Å²) in [6.45, 7) is 0.970. The molecular weight excluding hydrogens is 464 g/mol. The van der Waals surface area contributed by atoms with Gasteiger partial charge in [0.1, 0.15) is 24.7 Å². The van der Waals surface area contributed by atoms with Crippen molar-refractivity contribution in [3.63, 3.8) is 0 Å². The Bertz CT molecular complexity index is 1440. The molecule has 0 aliphatic carbocycles. The molecule has 3 aliphatic heterocycles. The summed E-state index contributed by atoms with van der Waals surface area (Å²) in [5.74, 6) is 2.36. The van der Waals surface area contributed by atoms with Gasteiger partial charge < -0.3 is 28.4 Å². The van der Waals surface area contributed by atoms with E-state index in [1.165, 1.54) is 0 Å². The fourth-order valence-electron chi connectivity index (χ4n) is 4.76. The molecule has 3 aromatic carbocycles. The lowest BCUT2D eigenvalue weighted by molar-refractivity contribution is -0.135. The first kappa shape index (κ1) is 22.0. The van der Waals surface area contributed by atoms with Gasteiger partial charge in [-0.1, -0.05) is 12.1 Å². The van der Waals surface area contributed by atoms with Gasteiger partial charge in [0.25, 0.3) is 0 Å². The van der Waals surface area contributed by atoms with Gasteiger partial charge in [0, 0.05) is 11.5 Å². The molecule has 1 unspecified atom stereocenters. The van der Waals surface area contributed by atoms with Crippen molar-refractivity contribution in [3.8, 4) is 34.5 Å². The van der Waals surface area contributed by atoms with Crippen molar-refractivity contribution in [2.75, 3.05) is 27.4 Å². The van der Waals surface area contributed by atoms with E-state index >= 15 is 0 Å². The van der Waals surface area contributed by atoms with Crippen molar-refractivity contribution in [2.24, 2.45) is 0 Å². The summed E-state index contributed by atoms with van der Waals surface area (Å²) in [7, 11) is 3.12. The number of fused-ring (bicyclic) bond motifs is 4. The third kappa shape index (κ3) is 3.62. The SMILES string of the molecule is COc1ccc(C2CC(=O)Oc3ccc4c(c32)O/C(=C\c2ccc3c(c2)OCCO3)C4=O)cc1OC. The van der Waals surface area contributed by atoms with Crippen LogP contribution < -0.4 is 28.4 Å². The average Bonchev–Trinajstić information content (AvgIpc) is 3.22. The van der Waals surface area contributed by atoms with Gasteiger partial charge in [-0.3, -0.25) is 9.59 Å². The van der Waals surface area contributed by atoms with Gasteiger partial charge in [-0.2, -0.15) is 0 Å². The second-order valence-corrected chi connectivity index (χ2v) is 8.54. The molecule has 8 heteroatoms. The molecule has 182 valence electrons. The van der Waals surface area contributed by atoms with Crippen LogP contribution in [0.1, 0.15) is 39.4 Å². The summed E-state index contributed by atoms with van der Waals surface area (Å²) in [6.07, 6.45) is 1.77. The minimum atomic E-state index is -0.391. The number of rotatable bonds is 4. The molecule has 0 aromatic heterocycles. The van der Waals surface area contributed by atoms with Crippen molar-refractivity contribution < 1.29 is 38.0 Å². The van der Waals surface area contributed by atoms with Crippen LogP contribution in [0.25, 0.3) is 6.08 Å². The monoisotopic (exact) mass is 486 g/mol. The van der Waals surface area contributed by atoms with E-state index in [0.717, 1.165) is 11.1 Å². The Kier molecular flexibility index (Phi) is 5.29. The summed E-state index contributed by atoms with van der Waals surface area (Å²) in [6, 6.07) is 14.2. The highest BCUT2D eigenvalue weighted by Crippen LogP contribution is 2.50. The van der Waals surface area contributed by atoms with E-state index in [1.54, 1.807) is 38.5 Å². The van der Waals surface area contributed by atoms with Crippen LogP contribution in [0.5, 0.6) is 34.5 Å². The van der Waals surface area contributed by atoms with E-state index < -0.39 is 5.92 Å². The third-order valence-electron chi connectivity index (χ3n) is 6.45. The first-order valence-electron chi connectivity index (χ1n) is 11.5. The van der Waals surface area contributed by atoms with Gasteiger partial charge in [-0.15, -0.1) is 0 Å². The largest absolute Gasteiger partial charge is 0.493 e. The highest BCUT2D eigenvalue weighted by Gasteiger charge is 2.38. The van der Waals surface area contributed by atoms with Crippen LogP contribution in [0.3, 0.4) is 0 Å². The summed E-state index contributed by atoms with van der Waals surface area (Å²) in [5.41, 5.74) is 2.63. The highest BCUT2D eigenvalue weighted by molar-refractivity contribution is 6.15. The molecule has 1 atom stereocenters. The molecule has 0 saturated heterocycles. The highest BCUT2D eigenvalue weighted by atomic mass is 16.6. The molecule has 0 bridgehead atoms. The molecule has 6 rings (SSSR count). The molecule has 0 fully saturated rings. The summed E-state index contributed by atoms with van der Waals surface area (Å²) in [4.78, 5) is 25.7. The van der Waals surface area contributed by atoms with E-state index in [1.807, 2.05) is 30.3 Å². The standard InChI is InChI=1S/C28H22O8/c1-31-19-7-4-16(13-22(19)32-2)18-14-25(29)35-21-8-5-17-27(30)24(36-28(17)26(18)21)12-15-3-6-20-23(11-15)34-10-9-33-20/h3-8,11-13,18H,9-10,14H2,1-2H3/b24-12-. The van der Waals surface area contributed by atoms with Gasteiger partial charge in [-0.25, -0.2) is 0 Å². The number of carbonyl (C=O) groups is 2. The summed E-state index contributed by atoms with van der Waals surface area (Å²) < 4.78 is 33.7. The van der Waals surface area contributed by atoms with Gasteiger partial charge >= 0.3 is 5.97 Å². The normalized spacial score (nSPS) is 18.7. The van der Waals surface area contributed by atoms with E-state index in [-0.39, 0.29) is 23.9 Å².